The van der Waals surface area contributed by atoms with Crippen molar-refractivity contribution in [2.24, 2.45) is 0 Å². The van der Waals surface area contributed by atoms with Crippen LogP contribution in [0.3, 0.4) is 0 Å². The Bertz CT molecular complexity index is 885. The first-order valence-corrected chi connectivity index (χ1v) is 8.08. The number of hydrogen-bond acceptors (Lipinski definition) is 4. The Hall–Kier alpha value is -3.14. The van der Waals surface area contributed by atoms with Crippen molar-refractivity contribution in [2.45, 2.75) is 6.42 Å². The van der Waals surface area contributed by atoms with Crippen LogP contribution in [0.25, 0.3) is 17.0 Å². The topological polar surface area (TPSA) is 48.4 Å². The maximum absolute atomic E-state index is 11.8. The number of fused-ring (bicyclic) bond motifs is 1. The van der Waals surface area contributed by atoms with Gasteiger partial charge in [0, 0.05) is 17.9 Å². The van der Waals surface area contributed by atoms with Crippen molar-refractivity contribution in [3.63, 3.8) is 0 Å². The van der Waals surface area contributed by atoms with Crippen LogP contribution in [-0.2, 0) is 16.0 Å². The number of benzene rings is 2. The number of ether oxygens (including phenoxy) is 2. The molecular weight excluding hydrogens is 314 g/mol. The van der Waals surface area contributed by atoms with Crippen LogP contribution in [0, 0.1) is 0 Å². The van der Waals surface area contributed by atoms with Crippen LogP contribution < -0.4 is 4.74 Å². The Morgan fingerprint density at radius 2 is 1.84 bits per heavy atom. The maximum Gasteiger partial charge on any atom is 0.330 e. The van der Waals surface area contributed by atoms with Crippen LogP contribution in [-0.4, -0.2) is 24.7 Å². The van der Waals surface area contributed by atoms with Gasteiger partial charge in [-0.05, 0) is 35.9 Å². The third-order valence-corrected chi connectivity index (χ3v) is 3.80. The van der Waals surface area contributed by atoms with Gasteiger partial charge in [-0.15, -0.1) is 0 Å². The van der Waals surface area contributed by atoms with Crippen molar-refractivity contribution in [1.82, 2.24) is 4.98 Å². The maximum atomic E-state index is 11.8. The number of esters is 1. The number of hydrogen-bond donors (Lipinski definition) is 0. The molecule has 25 heavy (non-hydrogen) atoms. The molecule has 0 spiro atoms. The van der Waals surface area contributed by atoms with E-state index < -0.39 is 0 Å². The molecule has 126 valence electrons. The van der Waals surface area contributed by atoms with Gasteiger partial charge in [-0.1, -0.05) is 36.4 Å². The smallest absolute Gasteiger partial charge is 0.330 e. The summed E-state index contributed by atoms with van der Waals surface area (Å²) < 4.78 is 10.3. The minimum Gasteiger partial charge on any atom is -0.497 e. The zero-order chi connectivity index (χ0) is 17.5. The van der Waals surface area contributed by atoms with Gasteiger partial charge in [0.1, 0.15) is 5.75 Å². The van der Waals surface area contributed by atoms with Gasteiger partial charge in [-0.2, -0.15) is 0 Å². The molecule has 0 atom stereocenters. The SMILES string of the molecule is COc1ccc(CCOC(=O)/C=C/c2ccc3ccccc3n2)cc1. The zero-order valence-electron chi connectivity index (χ0n) is 14.0. The molecular formula is C21H19NO3. The summed E-state index contributed by atoms with van der Waals surface area (Å²) in [6.45, 7) is 0.334. The Morgan fingerprint density at radius 1 is 1.04 bits per heavy atom. The van der Waals surface area contributed by atoms with E-state index in [1.807, 2.05) is 60.7 Å². The highest BCUT2D eigenvalue weighted by atomic mass is 16.5. The highest BCUT2D eigenvalue weighted by Crippen LogP contribution is 2.13. The third-order valence-electron chi connectivity index (χ3n) is 3.80. The summed E-state index contributed by atoms with van der Waals surface area (Å²) in [6, 6.07) is 19.4. The van der Waals surface area contributed by atoms with Gasteiger partial charge >= 0.3 is 5.97 Å². The molecule has 0 unspecified atom stereocenters. The average Bonchev–Trinajstić information content (AvgIpc) is 2.67. The van der Waals surface area contributed by atoms with Crippen LogP contribution in [0.15, 0.2) is 66.7 Å². The number of carbonyl (C=O) groups is 1. The first-order valence-electron chi connectivity index (χ1n) is 8.08. The molecule has 0 aliphatic carbocycles. The van der Waals surface area contributed by atoms with Gasteiger partial charge in [0.25, 0.3) is 0 Å². The second-order valence-corrected chi connectivity index (χ2v) is 5.53. The number of aromatic nitrogens is 1. The van der Waals surface area contributed by atoms with Crippen molar-refractivity contribution in [3.05, 3.63) is 78.0 Å². The standard InChI is InChI=1S/C21H19NO3/c1-24-19-11-6-16(7-12-19)14-15-25-21(23)13-10-18-9-8-17-4-2-3-5-20(17)22-18/h2-13H,14-15H2,1H3/b13-10+. The van der Waals surface area contributed by atoms with Gasteiger partial charge in [0.05, 0.1) is 24.9 Å². The molecule has 0 radical (unpaired) electrons. The molecule has 0 saturated heterocycles. The predicted octanol–water partition coefficient (Wildman–Crippen LogP) is 4.04. The molecule has 0 aliphatic heterocycles. The van der Waals surface area contributed by atoms with E-state index in [4.69, 9.17) is 9.47 Å². The molecule has 3 rings (SSSR count). The first kappa shape index (κ1) is 16.7. The molecule has 4 heteroatoms. The number of nitrogens with zero attached hydrogens (tertiary/aromatic N) is 1. The fraction of sp³-hybridized carbons (Fsp3) is 0.143. The second kappa shape index (κ2) is 8.11. The lowest BCUT2D eigenvalue weighted by molar-refractivity contribution is -0.137. The Labute approximate surface area is 146 Å². The van der Waals surface area contributed by atoms with Crippen molar-refractivity contribution >= 4 is 22.9 Å². The summed E-state index contributed by atoms with van der Waals surface area (Å²) in [6.07, 6.45) is 3.74. The first-order chi connectivity index (χ1) is 12.2. The average molecular weight is 333 g/mol. The molecule has 2 aromatic carbocycles. The van der Waals surface area contributed by atoms with Crippen molar-refractivity contribution in [2.75, 3.05) is 13.7 Å². The van der Waals surface area contributed by atoms with Crippen molar-refractivity contribution < 1.29 is 14.3 Å². The van der Waals surface area contributed by atoms with E-state index in [0.717, 1.165) is 27.9 Å². The fourth-order valence-corrected chi connectivity index (χ4v) is 2.44. The number of para-hydroxylation sites is 1. The molecule has 1 heterocycles. The highest BCUT2D eigenvalue weighted by Gasteiger charge is 2.00. The van der Waals surface area contributed by atoms with Crippen molar-refractivity contribution in [3.8, 4) is 5.75 Å². The second-order valence-electron chi connectivity index (χ2n) is 5.53. The minimum atomic E-state index is -0.372. The van der Waals surface area contributed by atoms with Crippen LogP contribution in [0.4, 0.5) is 0 Å². The van der Waals surface area contributed by atoms with Gasteiger partial charge in [0.15, 0.2) is 0 Å². The highest BCUT2D eigenvalue weighted by molar-refractivity contribution is 5.87. The van der Waals surface area contributed by atoms with E-state index in [0.29, 0.717) is 13.0 Å². The van der Waals surface area contributed by atoms with Gasteiger partial charge < -0.3 is 9.47 Å². The van der Waals surface area contributed by atoms with Crippen LogP contribution >= 0.6 is 0 Å². The van der Waals surface area contributed by atoms with Crippen LogP contribution in [0.2, 0.25) is 0 Å². The zero-order valence-corrected chi connectivity index (χ0v) is 14.0. The van der Waals surface area contributed by atoms with E-state index >= 15 is 0 Å². The number of rotatable bonds is 6. The van der Waals surface area contributed by atoms with E-state index in [-0.39, 0.29) is 5.97 Å². The quantitative estimate of drug-likeness (QED) is 0.504. The molecule has 0 saturated carbocycles. The summed E-state index contributed by atoms with van der Waals surface area (Å²) in [4.78, 5) is 16.3. The molecule has 0 fully saturated rings. The molecule has 0 bridgehead atoms. The van der Waals surface area contributed by atoms with Crippen LogP contribution in [0.1, 0.15) is 11.3 Å². The lowest BCUT2D eigenvalue weighted by atomic mass is 10.1. The number of carbonyl (C=O) groups excluding carboxylic acids is 1. The molecule has 4 nitrogen and oxygen atoms in total. The molecule has 0 aliphatic rings. The fourth-order valence-electron chi connectivity index (χ4n) is 2.44. The van der Waals surface area contributed by atoms with Gasteiger partial charge in [-0.3, -0.25) is 0 Å². The number of pyridine rings is 1. The Morgan fingerprint density at radius 3 is 2.64 bits per heavy atom. The molecule has 0 N–H and O–H groups in total. The summed E-state index contributed by atoms with van der Waals surface area (Å²) in [5.74, 6) is 0.440. The summed E-state index contributed by atoms with van der Waals surface area (Å²) >= 11 is 0. The number of methoxy groups -OCH3 is 1. The molecule has 1 aromatic heterocycles. The lowest BCUT2D eigenvalue weighted by Crippen LogP contribution is -2.04. The van der Waals surface area contributed by atoms with E-state index in [9.17, 15) is 4.79 Å². The third kappa shape index (κ3) is 4.67. The molecule has 3 aromatic rings. The minimum absolute atomic E-state index is 0.334. The summed E-state index contributed by atoms with van der Waals surface area (Å²) in [5.41, 5.74) is 2.72. The molecule has 0 amide bonds. The van der Waals surface area contributed by atoms with E-state index in [1.54, 1.807) is 13.2 Å². The Kier molecular flexibility index (Phi) is 5.42. The Balaban J connectivity index is 1.51. The summed E-state index contributed by atoms with van der Waals surface area (Å²) in [7, 11) is 1.63. The monoisotopic (exact) mass is 333 g/mol. The normalized spacial score (nSPS) is 10.9. The van der Waals surface area contributed by atoms with Crippen molar-refractivity contribution in [1.29, 1.82) is 0 Å². The van der Waals surface area contributed by atoms with Gasteiger partial charge in [0.2, 0.25) is 0 Å². The summed E-state index contributed by atoms with van der Waals surface area (Å²) in [5, 5.41) is 1.07. The predicted molar refractivity (Wildman–Crippen MR) is 98.4 cm³/mol. The lowest BCUT2D eigenvalue weighted by Gasteiger charge is -2.04. The van der Waals surface area contributed by atoms with Gasteiger partial charge in [-0.25, -0.2) is 9.78 Å². The van der Waals surface area contributed by atoms with E-state index in [2.05, 4.69) is 4.98 Å². The van der Waals surface area contributed by atoms with E-state index in [1.165, 1.54) is 6.08 Å². The van der Waals surface area contributed by atoms with Crippen LogP contribution in [0.5, 0.6) is 5.75 Å². The largest absolute Gasteiger partial charge is 0.497 e.